The number of aromatic hydroxyl groups is 1. The largest absolute Gasteiger partial charge is 0.508 e. The molecule has 0 unspecified atom stereocenters. The fraction of sp³-hybridized carbons (Fsp3) is 0.350. The first-order valence-corrected chi connectivity index (χ1v) is 9.69. The average Bonchev–Trinajstić information content (AvgIpc) is 3.25. The Balaban J connectivity index is 1.55. The number of halogens is 1. The minimum Gasteiger partial charge on any atom is -0.508 e. The molecule has 3 aliphatic heterocycles. The van der Waals surface area contributed by atoms with Crippen LogP contribution < -0.4 is 9.47 Å². The number of oxime groups is 1. The van der Waals surface area contributed by atoms with Gasteiger partial charge in [0, 0.05) is 17.1 Å². The zero-order valence-electron chi connectivity index (χ0n) is 15.0. The summed E-state index contributed by atoms with van der Waals surface area (Å²) in [7, 11) is 0. The van der Waals surface area contributed by atoms with Crippen LogP contribution in [-0.2, 0) is 11.4 Å². The third-order valence-corrected chi connectivity index (χ3v) is 6.35. The summed E-state index contributed by atoms with van der Waals surface area (Å²) in [6.45, 7) is 5.02. The fourth-order valence-electron chi connectivity index (χ4n) is 4.20. The van der Waals surface area contributed by atoms with Gasteiger partial charge in [-0.1, -0.05) is 27.2 Å². The van der Waals surface area contributed by atoms with E-state index >= 15 is 0 Å². The molecule has 5 rings (SSSR count). The third kappa shape index (κ3) is 2.60. The van der Waals surface area contributed by atoms with Crippen molar-refractivity contribution in [3.8, 4) is 17.2 Å². The second kappa shape index (κ2) is 6.14. The Morgan fingerprint density at radius 1 is 1.19 bits per heavy atom. The van der Waals surface area contributed by atoms with E-state index in [9.17, 15) is 5.11 Å². The highest BCUT2D eigenvalue weighted by molar-refractivity contribution is 9.10. The van der Waals surface area contributed by atoms with Crippen LogP contribution in [-0.4, -0.2) is 28.7 Å². The number of rotatable bonds is 2. The Labute approximate surface area is 165 Å². The standard InChI is InChI=1S/C20H19BrN2O4/c1-10-19-14-4-3-13(24)6-15(14)11(2)23(20(19)27-22-10)8-12-5-17-18(7-16(12)21)26-9-25-17/h3-7,11,19-20,24H,8-9H2,1-2H3/t11-,19-,20-/m1/s1. The molecule has 2 aromatic carbocycles. The normalized spacial score (nSPS) is 25.6. The van der Waals surface area contributed by atoms with Gasteiger partial charge >= 0.3 is 0 Å². The van der Waals surface area contributed by atoms with Crippen LogP contribution in [0.1, 0.15) is 42.5 Å². The van der Waals surface area contributed by atoms with Gasteiger partial charge in [-0.2, -0.15) is 0 Å². The maximum absolute atomic E-state index is 10.0. The SMILES string of the molecule is CC1=NO[C@@H]2[C@H]1c1ccc(O)cc1[C@@H](C)N2Cc1cc2c(cc1Br)OCO2. The molecular weight excluding hydrogens is 412 g/mol. The highest BCUT2D eigenvalue weighted by Crippen LogP contribution is 2.46. The van der Waals surface area contributed by atoms with Gasteiger partial charge in [0.25, 0.3) is 0 Å². The first-order valence-electron chi connectivity index (χ1n) is 8.90. The molecule has 0 spiro atoms. The van der Waals surface area contributed by atoms with Gasteiger partial charge in [0.1, 0.15) is 5.75 Å². The quantitative estimate of drug-likeness (QED) is 0.770. The Morgan fingerprint density at radius 3 is 2.78 bits per heavy atom. The minimum absolute atomic E-state index is 0.0598. The van der Waals surface area contributed by atoms with E-state index in [0.29, 0.717) is 6.54 Å². The van der Waals surface area contributed by atoms with Gasteiger partial charge in [0.15, 0.2) is 17.7 Å². The molecule has 0 bridgehead atoms. The maximum atomic E-state index is 10.0. The summed E-state index contributed by atoms with van der Waals surface area (Å²) in [5.41, 5.74) is 4.31. The first-order chi connectivity index (χ1) is 13.0. The van der Waals surface area contributed by atoms with E-state index in [0.717, 1.165) is 32.8 Å². The van der Waals surface area contributed by atoms with Crippen LogP contribution in [0.4, 0.5) is 0 Å². The van der Waals surface area contributed by atoms with Gasteiger partial charge in [-0.05, 0) is 54.8 Å². The molecule has 3 atom stereocenters. The van der Waals surface area contributed by atoms with E-state index in [1.165, 1.54) is 5.56 Å². The van der Waals surface area contributed by atoms with E-state index in [2.05, 4.69) is 32.9 Å². The van der Waals surface area contributed by atoms with E-state index < -0.39 is 0 Å². The molecule has 0 amide bonds. The number of fused-ring (bicyclic) bond motifs is 4. The number of hydrogen-bond acceptors (Lipinski definition) is 6. The number of nitrogens with zero attached hydrogens (tertiary/aromatic N) is 2. The van der Waals surface area contributed by atoms with Crippen molar-refractivity contribution in [2.45, 2.75) is 38.6 Å². The molecule has 2 aromatic rings. The predicted molar refractivity (Wildman–Crippen MR) is 103 cm³/mol. The van der Waals surface area contributed by atoms with Crippen molar-refractivity contribution < 1.29 is 19.4 Å². The summed E-state index contributed by atoms with van der Waals surface area (Å²) in [5, 5.41) is 14.3. The van der Waals surface area contributed by atoms with Gasteiger partial charge in [0.2, 0.25) is 6.79 Å². The molecule has 0 saturated heterocycles. The van der Waals surface area contributed by atoms with E-state index in [1.807, 2.05) is 31.2 Å². The molecule has 3 heterocycles. The van der Waals surface area contributed by atoms with Crippen molar-refractivity contribution in [3.63, 3.8) is 0 Å². The monoisotopic (exact) mass is 430 g/mol. The van der Waals surface area contributed by atoms with Gasteiger partial charge in [-0.25, -0.2) is 0 Å². The number of hydrogen-bond donors (Lipinski definition) is 1. The molecule has 7 heteroatoms. The lowest BCUT2D eigenvalue weighted by molar-refractivity contribution is -0.0777. The summed E-state index contributed by atoms with van der Waals surface area (Å²) in [4.78, 5) is 8.10. The van der Waals surface area contributed by atoms with Gasteiger partial charge in [-0.15, -0.1) is 0 Å². The lowest BCUT2D eigenvalue weighted by atomic mass is 9.82. The zero-order valence-corrected chi connectivity index (χ0v) is 16.6. The molecular formula is C20H19BrN2O4. The topological polar surface area (TPSA) is 63.5 Å². The fourth-order valence-corrected chi connectivity index (χ4v) is 4.65. The molecule has 0 fully saturated rings. The molecule has 140 valence electrons. The Bertz CT molecular complexity index is 961. The minimum atomic E-state index is -0.172. The van der Waals surface area contributed by atoms with Crippen molar-refractivity contribution in [2.24, 2.45) is 5.16 Å². The van der Waals surface area contributed by atoms with Crippen molar-refractivity contribution in [1.29, 1.82) is 0 Å². The highest BCUT2D eigenvalue weighted by Gasteiger charge is 2.45. The van der Waals surface area contributed by atoms with Gasteiger partial charge in [-0.3, -0.25) is 4.90 Å². The van der Waals surface area contributed by atoms with Crippen LogP contribution in [0.5, 0.6) is 17.2 Å². The van der Waals surface area contributed by atoms with Crippen molar-refractivity contribution in [3.05, 3.63) is 51.5 Å². The van der Waals surface area contributed by atoms with Gasteiger partial charge < -0.3 is 19.4 Å². The van der Waals surface area contributed by atoms with E-state index in [1.54, 1.807) is 6.07 Å². The Kier molecular flexibility index (Phi) is 3.84. The molecule has 0 saturated carbocycles. The zero-order chi connectivity index (χ0) is 18.7. The summed E-state index contributed by atoms with van der Waals surface area (Å²) < 4.78 is 12.0. The maximum Gasteiger partial charge on any atom is 0.231 e. The first kappa shape index (κ1) is 16.9. The van der Waals surface area contributed by atoms with Gasteiger partial charge in [0.05, 0.1) is 11.6 Å². The van der Waals surface area contributed by atoms with E-state index in [4.69, 9.17) is 14.3 Å². The molecule has 1 N–H and O–H groups in total. The Hall–Kier alpha value is -2.25. The van der Waals surface area contributed by atoms with Crippen LogP contribution in [0, 0.1) is 0 Å². The smallest absolute Gasteiger partial charge is 0.231 e. The lowest BCUT2D eigenvalue weighted by Gasteiger charge is -2.41. The third-order valence-electron chi connectivity index (χ3n) is 5.61. The van der Waals surface area contributed by atoms with Crippen molar-refractivity contribution in [2.75, 3.05) is 6.79 Å². The number of benzene rings is 2. The average molecular weight is 431 g/mol. The number of phenols is 1. The van der Waals surface area contributed by atoms with Crippen LogP contribution in [0.25, 0.3) is 0 Å². The molecule has 0 radical (unpaired) electrons. The predicted octanol–water partition coefficient (Wildman–Crippen LogP) is 4.28. The molecule has 3 aliphatic rings. The van der Waals surface area contributed by atoms with Crippen LogP contribution >= 0.6 is 15.9 Å². The molecule has 6 nitrogen and oxygen atoms in total. The molecule has 0 aromatic heterocycles. The highest BCUT2D eigenvalue weighted by atomic mass is 79.9. The summed E-state index contributed by atoms with van der Waals surface area (Å²) in [5.74, 6) is 1.84. The van der Waals surface area contributed by atoms with Crippen LogP contribution in [0.3, 0.4) is 0 Å². The van der Waals surface area contributed by atoms with Crippen LogP contribution in [0.2, 0.25) is 0 Å². The summed E-state index contributed by atoms with van der Waals surface area (Å²) in [6, 6.07) is 9.59. The van der Waals surface area contributed by atoms with Crippen molar-refractivity contribution >= 4 is 21.6 Å². The summed E-state index contributed by atoms with van der Waals surface area (Å²) in [6.07, 6.45) is -0.172. The molecule has 27 heavy (non-hydrogen) atoms. The Morgan fingerprint density at radius 2 is 1.96 bits per heavy atom. The van der Waals surface area contributed by atoms with Crippen LogP contribution in [0.15, 0.2) is 40.0 Å². The summed E-state index contributed by atoms with van der Waals surface area (Å²) >= 11 is 3.65. The van der Waals surface area contributed by atoms with E-state index in [-0.39, 0.29) is 30.7 Å². The molecule has 0 aliphatic carbocycles. The lowest BCUT2D eigenvalue weighted by Crippen LogP contribution is -2.45. The second-order valence-electron chi connectivity index (χ2n) is 7.16. The number of ether oxygens (including phenoxy) is 2. The number of phenolic OH excluding ortho intramolecular Hbond substituents is 1. The second-order valence-corrected chi connectivity index (χ2v) is 8.02. The van der Waals surface area contributed by atoms with Crippen molar-refractivity contribution in [1.82, 2.24) is 4.90 Å².